The van der Waals surface area contributed by atoms with Gasteiger partial charge in [0.25, 0.3) is 5.84 Å². The van der Waals surface area contributed by atoms with Gasteiger partial charge in [-0.25, -0.2) is 0 Å². The fourth-order valence-electron chi connectivity index (χ4n) is 0.885. The van der Waals surface area contributed by atoms with E-state index in [1.807, 2.05) is 0 Å². The van der Waals surface area contributed by atoms with Crippen molar-refractivity contribution >= 4 is 11.9 Å². The molecule has 5 heteroatoms. The van der Waals surface area contributed by atoms with Gasteiger partial charge in [0.1, 0.15) is 0 Å². The summed E-state index contributed by atoms with van der Waals surface area (Å²) in [7, 11) is 0. The number of aliphatic imine (C=N–C) groups is 1. The second-order valence-corrected chi connectivity index (χ2v) is 2.30. The molecule has 0 aromatic rings. The van der Waals surface area contributed by atoms with Gasteiger partial charge in [-0.3, -0.25) is 0 Å². The highest BCUT2D eigenvalue weighted by atomic mass is 16.6. The molecule has 0 spiro atoms. The number of amidine groups is 1. The second-order valence-electron chi connectivity index (χ2n) is 2.30. The third-order valence-corrected chi connectivity index (χ3v) is 1.52. The molecule has 0 saturated heterocycles. The van der Waals surface area contributed by atoms with Crippen LogP contribution in [0, 0.1) is 0 Å². The van der Waals surface area contributed by atoms with Crippen LogP contribution >= 0.6 is 0 Å². The quantitative estimate of drug-likeness (QED) is 0.372. The highest BCUT2D eigenvalue weighted by molar-refractivity contribution is 5.86. The van der Waals surface area contributed by atoms with Crippen molar-refractivity contribution in [2.75, 3.05) is 0 Å². The van der Waals surface area contributed by atoms with Gasteiger partial charge >= 0.3 is 6.09 Å². The van der Waals surface area contributed by atoms with Crippen LogP contribution in [0.15, 0.2) is 30.0 Å². The zero-order valence-corrected chi connectivity index (χ0v) is 6.34. The van der Waals surface area contributed by atoms with Crippen molar-refractivity contribution in [2.24, 2.45) is 4.99 Å². The molecule has 1 aliphatic rings. The van der Waals surface area contributed by atoms with Crippen molar-refractivity contribution < 1.29 is 19.8 Å². The topological polar surface area (TPSA) is 69.9 Å². The minimum absolute atomic E-state index is 0.137. The minimum Gasteiger partial charge on any atom is -0.432 e. The standard InChI is InChI=1S/C7H8N2O3/c1-2-3-6-8-4-5-9(6,12)7(10)11/h2,4-5,12H,1,3H2/p+1. The molecule has 1 rings (SSSR count). The van der Waals surface area contributed by atoms with Gasteiger partial charge < -0.3 is 5.11 Å². The number of hydroxylamine groups is 3. The molecule has 1 amide bonds. The lowest BCUT2D eigenvalue weighted by Crippen LogP contribution is -2.47. The van der Waals surface area contributed by atoms with Crippen LogP contribution in [0.2, 0.25) is 0 Å². The van der Waals surface area contributed by atoms with E-state index in [0.29, 0.717) is 0 Å². The van der Waals surface area contributed by atoms with Gasteiger partial charge in [0.2, 0.25) is 0 Å². The van der Waals surface area contributed by atoms with Crippen molar-refractivity contribution in [3.8, 4) is 0 Å². The van der Waals surface area contributed by atoms with E-state index in [2.05, 4.69) is 11.6 Å². The molecule has 0 saturated carbocycles. The Bertz CT molecular complexity index is 282. The molecule has 12 heavy (non-hydrogen) atoms. The first-order valence-corrected chi connectivity index (χ1v) is 3.32. The number of carboxylic acid groups (broad SMARTS) is 1. The van der Waals surface area contributed by atoms with E-state index in [9.17, 15) is 10.0 Å². The molecular formula is C7H9N2O3+. The lowest BCUT2D eigenvalue weighted by Gasteiger charge is -2.14. The molecule has 0 aromatic carbocycles. The van der Waals surface area contributed by atoms with Gasteiger partial charge in [0, 0.05) is 0 Å². The molecule has 5 nitrogen and oxygen atoms in total. The van der Waals surface area contributed by atoms with Gasteiger partial charge in [-0.05, 0) is 4.65 Å². The monoisotopic (exact) mass is 169 g/mol. The Morgan fingerprint density at radius 2 is 2.50 bits per heavy atom. The number of carbonyl (C=O) groups is 1. The van der Waals surface area contributed by atoms with E-state index in [1.165, 1.54) is 12.3 Å². The fourth-order valence-corrected chi connectivity index (χ4v) is 0.885. The fraction of sp³-hybridized carbons (Fsp3) is 0.143. The van der Waals surface area contributed by atoms with Gasteiger partial charge in [-0.15, -0.1) is 6.58 Å². The van der Waals surface area contributed by atoms with Gasteiger partial charge in [-0.2, -0.15) is 15.0 Å². The summed E-state index contributed by atoms with van der Waals surface area (Å²) in [5.41, 5.74) is 0. The summed E-state index contributed by atoms with van der Waals surface area (Å²) in [6.45, 7) is 3.43. The Balaban J connectivity index is 2.92. The summed E-state index contributed by atoms with van der Waals surface area (Å²) in [5.74, 6) is 0.137. The third kappa shape index (κ3) is 1.15. The average molecular weight is 169 g/mol. The molecular weight excluding hydrogens is 160 g/mol. The van der Waals surface area contributed by atoms with Crippen LogP contribution in [0.1, 0.15) is 6.42 Å². The van der Waals surface area contributed by atoms with E-state index >= 15 is 0 Å². The smallest absolute Gasteiger partial charge is 0.432 e. The zero-order valence-electron chi connectivity index (χ0n) is 6.34. The summed E-state index contributed by atoms with van der Waals surface area (Å²) >= 11 is 0. The summed E-state index contributed by atoms with van der Waals surface area (Å²) < 4.78 is -1.26. The van der Waals surface area contributed by atoms with Crippen molar-refractivity contribution in [3.05, 3.63) is 25.1 Å². The van der Waals surface area contributed by atoms with E-state index in [0.717, 1.165) is 6.20 Å². The van der Waals surface area contributed by atoms with Gasteiger partial charge in [0.05, 0.1) is 12.6 Å². The predicted molar refractivity (Wildman–Crippen MR) is 41.5 cm³/mol. The van der Waals surface area contributed by atoms with E-state index in [-0.39, 0.29) is 12.3 Å². The van der Waals surface area contributed by atoms with Crippen LogP contribution in [0.4, 0.5) is 4.79 Å². The molecule has 1 heterocycles. The SMILES string of the molecule is C=CCC1=NC=C[N+]1(O)C(=O)O. The molecule has 64 valence electrons. The molecule has 0 aliphatic carbocycles. The summed E-state index contributed by atoms with van der Waals surface area (Å²) in [6.07, 6.45) is 2.70. The minimum atomic E-state index is -1.37. The highest BCUT2D eigenvalue weighted by Gasteiger charge is 2.42. The molecule has 0 radical (unpaired) electrons. The Kier molecular flexibility index (Phi) is 2.07. The first kappa shape index (κ1) is 8.63. The zero-order chi connectivity index (χ0) is 9.19. The summed E-state index contributed by atoms with van der Waals surface area (Å²) in [5, 5.41) is 18.1. The van der Waals surface area contributed by atoms with E-state index in [4.69, 9.17) is 5.11 Å². The number of hydrogen-bond acceptors (Lipinski definition) is 3. The predicted octanol–water partition coefficient (Wildman–Crippen LogP) is 1.33. The first-order valence-electron chi connectivity index (χ1n) is 3.32. The number of hydrogen-bond donors (Lipinski definition) is 2. The largest absolute Gasteiger partial charge is 0.558 e. The molecule has 1 aliphatic heterocycles. The summed E-state index contributed by atoms with van der Waals surface area (Å²) in [4.78, 5) is 14.3. The second kappa shape index (κ2) is 2.88. The molecule has 0 aromatic heterocycles. The van der Waals surface area contributed by atoms with E-state index in [1.54, 1.807) is 0 Å². The highest BCUT2D eigenvalue weighted by Crippen LogP contribution is 2.15. The lowest BCUT2D eigenvalue weighted by atomic mass is 10.3. The lowest BCUT2D eigenvalue weighted by molar-refractivity contribution is -0.924. The molecule has 1 atom stereocenters. The van der Waals surface area contributed by atoms with Crippen LogP contribution in [-0.4, -0.2) is 26.9 Å². The number of rotatable bonds is 2. The number of nitrogens with zero attached hydrogens (tertiary/aromatic N) is 2. The summed E-state index contributed by atoms with van der Waals surface area (Å²) in [6, 6.07) is 0. The van der Waals surface area contributed by atoms with Crippen LogP contribution in [0.25, 0.3) is 0 Å². The van der Waals surface area contributed by atoms with E-state index < -0.39 is 10.7 Å². The Hall–Kier alpha value is -1.46. The Morgan fingerprint density at radius 3 is 3.00 bits per heavy atom. The molecule has 0 fully saturated rings. The normalized spacial score (nSPS) is 26.9. The van der Waals surface area contributed by atoms with Gasteiger partial charge in [0.15, 0.2) is 6.20 Å². The maximum atomic E-state index is 10.6. The maximum Gasteiger partial charge on any atom is 0.558 e. The van der Waals surface area contributed by atoms with Crippen LogP contribution < -0.4 is 0 Å². The number of quaternary nitrogens is 1. The Labute approximate surface area is 69.1 Å². The maximum absolute atomic E-state index is 10.6. The van der Waals surface area contributed by atoms with Crippen molar-refractivity contribution in [2.45, 2.75) is 6.42 Å². The number of amides is 1. The first-order chi connectivity index (χ1) is 5.61. The van der Waals surface area contributed by atoms with Crippen molar-refractivity contribution in [3.63, 3.8) is 0 Å². The molecule has 1 unspecified atom stereocenters. The van der Waals surface area contributed by atoms with Crippen LogP contribution in [-0.2, 0) is 0 Å². The average Bonchev–Trinajstić information content (AvgIpc) is 2.35. The molecule has 0 bridgehead atoms. The molecule has 2 N–H and O–H groups in total. The Morgan fingerprint density at radius 1 is 1.83 bits per heavy atom. The van der Waals surface area contributed by atoms with Crippen molar-refractivity contribution in [1.82, 2.24) is 0 Å². The van der Waals surface area contributed by atoms with Gasteiger partial charge in [-0.1, -0.05) is 6.08 Å². The van der Waals surface area contributed by atoms with Crippen LogP contribution in [0.3, 0.4) is 0 Å². The third-order valence-electron chi connectivity index (χ3n) is 1.52. The van der Waals surface area contributed by atoms with Crippen molar-refractivity contribution in [1.29, 1.82) is 0 Å². The van der Waals surface area contributed by atoms with Crippen LogP contribution in [0.5, 0.6) is 0 Å².